The Bertz CT molecular complexity index is 991. The van der Waals surface area contributed by atoms with Crippen LogP contribution in [0.5, 0.6) is 0 Å². The van der Waals surface area contributed by atoms with Gasteiger partial charge in [0.1, 0.15) is 18.1 Å². The Balaban J connectivity index is 1.97. The van der Waals surface area contributed by atoms with Crippen LogP contribution in [0.15, 0.2) is 33.9 Å². The van der Waals surface area contributed by atoms with Gasteiger partial charge in [-0.05, 0) is 49.9 Å². The van der Waals surface area contributed by atoms with Crippen LogP contribution < -0.4 is 27.2 Å². The first kappa shape index (κ1) is 21.0. The molecular formula is C20H26ClN5O3. The third-order valence-electron chi connectivity index (χ3n) is 4.99. The fraction of sp³-hybridized carbons (Fsp3) is 0.450. The molecule has 1 aliphatic rings. The van der Waals surface area contributed by atoms with E-state index in [-0.39, 0.29) is 12.4 Å². The number of nitrogens with zero attached hydrogens (tertiary/aromatic N) is 3. The number of carbonyl (C=O) groups excluding carboxylic acids is 1. The number of nitrogen functional groups attached to an aromatic ring is 1. The zero-order chi connectivity index (χ0) is 21.0. The number of carbonyl (C=O) groups is 1. The number of aromatic nitrogens is 2. The highest BCUT2D eigenvalue weighted by Gasteiger charge is 2.24. The molecule has 0 bridgehead atoms. The van der Waals surface area contributed by atoms with Crippen molar-refractivity contribution in [3.05, 3.63) is 50.1 Å². The lowest BCUT2D eigenvalue weighted by atomic mass is 10.1. The van der Waals surface area contributed by atoms with Crippen LogP contribution in [0.2, 0.25) is 5.02 Å². The Hall–Kier alpha value is -2.74. The molecule has 2 heterocycles. The van der Waals surface area contributed by atoms with Gasteiger partial charge in [0.25, 0.3) is 5.56 Å². The van der Waals surface area contributed by atoms with Crippen LogP contribution in [0.3, 0.4) is 0 Å². The Morgan fingerprint density at radius 2 is 1.76 bits per heavy atom. The summed E-state index contributed by atoms with van der Waals surface area (Å²) in [5.41, 5.74) is 6.00. The van der Waals surface area contributed by atoms with E-state index in [1.807, 2.05) is 11.8 Å². The standard InChI is InChI=1S/C20H26ClN5O3/c1-2-10-25-18(22)17(24-11-4-3-5-12-24)19(28)26(20(25)29)13-16(27)23-15-8-6-14(21)7-9-15/h6-9H,2-5,10-13,22H2,1H3,(H,23,27). The molecule has 0 atom stereocenters. The third kappa shape index (κ3) is 4.64. The summed E-state index contributed by atoms with van der Waals surface area (Å²) in [4.78, 5) is 40.5. The molecule has 2 aromatic rings. The minimum atomic E-state index is -0.568. The number of hydrogen-bond acceptors (Lipinski definition) is 5. The molecule has 0 spiro atoms. The monoisotopic (exact) mass is 419 g/mol. The summed E-state index contributed by atoms with van der Waals surface area (Å²) < 4.78 is 2.36. The van der Waals surface area contributed by atoms with E-state index in [4.69, 9.17) is 17.3 Å². The number of nitrogens with two attached hydrogens (primary N) is 1. The average Bonchev–Trinajstić information content (AvgIpc) is 2.71. The minimum Gasteiger partial charge on any atom is -0.383 e. The predicted octanol–water partition coefficient (Wildman–Crippen LogP) is 2.28. The van der Waals surface area contributed by atoms with Crippen molar-refractivity contribution in [2.45, 2.75) is 45.7 Å². The van der Waals surface area contributed by atoms with Gasteiger partial charge in [-0.1, -0.05) is 18.5 Å². The second-order valence-electron chi connectivity index (χ2n) is 7.16. The van der Waals surface area contributed by atoms with Crippen molar-refractivity contribution < 1.29 is 4.79 Å². The normalized spacial score (nSPS) is 14.1. The SMILES string of the molecule is CCCn1c(N)c(N2CCCCC2)c(=O)n(CC(=O)Nc2ccc(Cl)cc2)c1=O. The number of nitrogens with one attached hydrogen (secondary N) is 1. The lowest BCUT2D eigenvalue weighted by Crippen LogP contribution is -2.47. The van der Waals surface area contributed by atoms with E-state index >= 15 is 0 Å². The summed E-state index contributed by atoms with van der Waals surface area (Å²) in [6.07, 6.45) is 3.70. The molecule has 0 unspecified atom stereocenters. The molecule has 1 amide bonds. The zero-order valence-electron chi connectivity index (χ0n) is 16.5. The predicted molar refractivity (Wildman–Crippen MR) is 116 cm³/mol. The Labute approximate surface area is 173 Å². The third-order valence-corrected chi connectivity index (χ3v) is 5.24. The first-order valence-electron chi connectivity index (χ1n) is 9.86. The van der Waals surface area contributed by atoms with Gasteiger partial charge in [-0.2, -0.15) is 0 Å². The Morgan fingerprint density at radius 1 is 1.10 bits per heavy atom. The van der Waals surface area contributed by atoms with Gasteiger partial charge in [-0.25, -0.2) is 9.36 Å². The number of amides is 1. The van der Waals surface area contributed by atoms with E-state index in [1.165, 1.54) is 4.57 Å². The topological polar surface area (TPSA) is 102 Å². The molecule has 9 heteroatoms. The molecule has 0 aliphatic carbocycles. The smallest absolute Gasteiger partial charge is 0.333 e. The highest BCUT2D eigenvalue weighted by atomic mass is 35.5. The van der Waals surface area contributed by atoms with Crippen LogP contribution in [0.4, 0.5) is 17.2 Å². The number of benzene rings is 1. The molecule has 1 aromatic heterocycles. The maximum Gasteiger partial charge on any atom is 0.333 e. The number of hydrogen-bond donors (Lipinski definition) is 2. The molecule has 29 heavy (non-hydrogen) atoms. The molecule has 1 saturated heterocycles. The van der Waals surface area contributed by atoms with Crippen molar-refractivity contribution in [1.82, 2.24) is 9.13 Å². The van der Waals surface area contributed by atoms with Gasteiger partial charge in [-0.3, -0.25) is 14.2 Å². The van der Waals surface area contributed by atoms with Gasteiger partial charge in [0, 0.05) is 30.3 Å². The summed E-state index contributed by atoms with van der Waals surface area (Å²) >= 11 is 5.85. The van der Waals surface area contributed by atoms with E-state index in [9.17, 15) is 14.4 Å². The largest absolute Gasteiger partial charge is 0.383 e. The molecule has 3 rings (SSSR count). The maximum atomic E-state index is 13.1. The molecular weight excluding hydrogens is 394 g/mol. The van der Waals surface area contributed by atoms with Gasteiger partial charge in [0.05, 0.1) is 0 Å². The van der Waals surface area contributed by atoms with Crippen molar-refractivity contribution in [3.8, 4) is 0 Å². The molecule has 0 saturated carbocycles. The molecule has 1 fully saturated rings. The van der Waals surface area contributed by atoms with Gasteiger partial charge in [-0.15, -0.1) is 0 Å². The first-order chi connectivity index (χ1) is 13.9. The number of halogens is 1. The molecule has 3 N–H and O–H groups in total. The van der Waals surface area contributed by atoms with E-state index in [1.54, 1.807) is 24.3 Å². The van der Waals surface area contributed by atoms with Gasteiger partial charge in [0.15, 0.2) is 0 Å². The maximum absolute atomic E-state index is 13.1. The zero-order valence-corrected chi connectivity index (χ0v) is 17.2. The van der Waals surface area contributed by atoms with E-state index in [0.29, 0.717) is 42.5 Å². The molecule has 1 aliphatic heterocycles. The minimum absolute atomic E-state index is 0.179. The lowest BCUT2D eigenvalue weighted by Gasteiger charge is -2.30. The number of piperidine rings is 1. The van der Waals surface area contributed by atoms with Gasteiger partial charge < -0.3 is 16.0 Å². The van der Waals surface area contributed by atoms with E-state index < -0.39 is 17.2 Å². The Morgan fingerprint density at radius 3 is 2.38 bits per heavy atom. The van der Waals surface area contributed by atoms with E-state index in [0.717, 1.165) is 23.8 Å². The highest BCUT2D eigenvalue weighted by Crippen LogP contribution is 2.21. The van der Waals surface area contributed by atoms with Crippen molar-refractivity contribution in [1.29, 1.82) is 0 Å². The van der Waals surface area contributed by atoms with E-state index in [2.05, 4.69) is 5.32 Å². The summed E-state index contributed by atoms with van der Waals surface area (Å²) in [7, 11) is 0. The van der Waals surface area contributed by atoms with Crippen molar-refractivity contribution in [3.63, 3.8) is 0 Å². The number of rotatable bonds is 6. The number of anilines is 3. The van der Waals surface area contributed by atoms with Crippen molar-refractivity contribution in [2.75, 3.05) is 29.0 Å². The van der Waals surface area contributed by atoms with Gasteiger partial charge >= 0.3 is 5.69 Å². The molecule has 0 radical (unpaired) electrons. The molecule has 1 aromatic carbocycles. The van der Waals surface area contributed by atoms with Crippen LogP contribution >= 0.6 is 11.6 Å². The summed E-state index contributed by atoms with van der Waals surface area (Å²) in [6, 6.07) is 6.60. The van der Waals surface area contributed by atoms with Crippen molar-refractivity contribution >= 4 is 34.7 Å². The van der Waals surface area contributed by atoms with Crippen LogP contribution in [-0.4, -0.2) is 28.1 Å². The van der Waals surface area contributed by atoms with Crippen LogP contribution in [0.1, 0.15) is 32.6 Å². The first-order valence-corrected chi connectivity index (χ1v) is 10.2. The summed E-state index contributed by atoms with van der Waals surface area (Å²) in [5.74, 6) is -0.290. The average molecular weight is 420 g/mol. The summed E-state index contributed by atoms with van der Waals surface area (Å²) in [5, 5.41) is 3.23. The quantitative estimate of drug-likeness (QED) is 0.747. The molecule has 156 valence electrons. The second-order valence-corrected chi connectivity index (χ2v) is 7.60. The fourth-order valence-electron chi connectivity index (χ4n) is 3.57. The van der Waals surface area contributed by atoms with Crippen LogP contribution in [-0.2, 0) is 17.9 Å². The molecule has 8 nitrogen and oxygen atoms in total. The Kier molecular flexibility index (Phi) is 6.64. The lowest BCUT2D eigenvalue weighted by molar-refractivity contribution is -0.116. The fourth-order valence-corrected chi connectivity index (χ4v) is 3.70. The highest BCUT2D eigenvalue weighted by molar-refractivity contribution is 6.30. The second kappa shape index (κ2) is 9.17. The van der Waals surface area contributed by atoms with Crippen molar-refractivity contribution in [2.24, 2.45) is 0 Å². The van der Waals surface area contributed by atoms with Gasteiger partial charge in [0.2, 0.25) is 5.91 Å². The van der Waals surface area contributed by atoms with Crippen LogP contribution in [0, 0.1) is 0 Å². The summed E-state index contributed by atoms with van der Waals surface area (Å²) in [6.45, 7) is 3.34. The van der Waals surface area contributed by atoms with Crippen LogP contribution in [0.25, 0.3) is 0 Å².